The van der Waals surface area contributed by atoms with E-state index in [1.165, 1.54) is 22.5 Å². The minimum atomic E-state index is -3.90. The summed E-state index contributed by atoms with van der Waals surface area (Å²) >= 11 is 1.09. The molecule has 31 heavy (non-hydrogen) atoms. The fraction of sp³-hybridized carbons (Fsp3) is 0.450. The smallest absolute Gasteiger partial charge is 0.263 e. The van der Waals surface area contributed by atoms with Gasteiger partial charge in [0.15, 0.2) is 6.29 Å². The minimum absolute atomic E-state index is 0.128. The maximum atomic E-state index is 13.3. The molecule has 1 aromatic carbocycles. The quantitative estimate of drug-likeness (QED) is 0.629. The van der Waals surface area contributed by atoms with Crippen molar-refractivity contribution in [1.29, 1.82) is 0 Å². The lowest BCUT2D eigenvalue weighted by atomic mass is 10.2. The predicted molar refractivity (Wildman–Crippen MR) is 113 cm³/mol. The zero-order valence-corrected chi connectivity index (χ0v) is 18.4. The first kappa shape index (κ1) is 22.3. The maximum Gasteiger partial charge on any atom is 0.263 e. The molecule has 2 saturated heterocycles. The van der Waals surface area contributed by atoms with Gasteiger partial charge < -0.3 is 10.1 Å². The highest BCUT2D eigenvalue weighted by molar-refractivity contribution is 7.91. The first-order chi connectivity index (χ1) is 14.9. The van der Waals surface area contributed by atoms with Crippen molar-refractivity contribution in [3.8, 4) is 10.4 Å². The van der Waals surface area contributed by atoms with Gasteiger partial charge in [0.1, 0.15) is 16.1 Å². The summed E-state index contributed by atoms with van der Waals surface area (Å²) in [7, 11) is -3.90. The Morgan fingerprint density at radius 2 is 2.03 bits per heavy atom. The van der Waals surface area contributed by atoms with Gasteiger partial charge >= 0.3 is 0 Å². The lowest BCUT2D eigenvalue weighted by Gasteiger charge is -2.34. The summed E-state index contributed by atoms with van der Waals surface area (Å²) in [5, 5.41) is 3.06. The van der Waals surface area contributed by atoms with E-state index in [0.29, 0.717) is 24.4 Å². The van der Waals surface area contributed by atoms with Crippen molar-refractivity contribution in [3.63, 3.8) is 0 Å². The fourth-order valence-corrected chi connectivity index (χ4v) is 6.57. The predicted octanol–water partition coefficient (Wildman–Crippen LogP) is 2.09. The number of carbonyl (C=O) groups excluding carboxylic acids is 1. The number of ether oxygens (including phenoxy) is 1. The third kappa shape index (κ3) is 5.13. The van der Waals surface area contributed by atoms with Crippen LogP contribution < -0.4 is 10.8 Å². The van der Waals surface area contributed by atoms with Crippen molar-refractivity contribution < 1.29 is 27.2 Å². The molecule has 8 nitrogen and oxygen atoms in total. The molecule has 0 spiro atoms. The molecule has 0 aliphatic carbocycles. The summed E-state index contributed by atoms with van der Waals surface area (Å²) in [6.07, 6.45) is 2.05. The number of piperazine rings is 1. The Balaban J connectivity index is 1.48. The Morgan fingerprint density at radius 1 is 1.23 bits per heavy atom. The summed E-state index contributed by atoms with van der Waals surface area (Å²) in [6.45, 7) is 1.34. The van der Waals surface area contributed by atoms with Gasteiger partial charge in [-0.2, -0.15) is 4.31 Å². The molecule has 0 bridgehead atoms. The molecular formula is C20H24FN3O5S2. The van der Waals surface area contributed by atoms with Crippen LogP contribution in [0.2, 0.25) is 0 Å². The van der Waals surface area contributed by atoms with E-state index in [2.05, 4.69) is 10.8 Å². The van der Waals surface area contributed by atoms with Crippen molar-refractivity contribution in [2.24, 2.45) is 0 Å². The van der Waals surface area contributed by atoms with Crippen molar-refractivity contribution in [3.05, 3.63) is 42.2 Å². The van der Waals surface area contributed by atoms with Crippen LogP contribution in [-0.2, 0) is 24.4 Å². The summed E-state index contributed by atoms with van der Waals surface area (Å²) in [4.78, 5) is 18.8. The first-order valence-corrected chi connectivity index (χ1v) is 12.4. The SMILES string of the molecule is O=C(NOC1CCCCO1)C1CNCCN1S(=O)(=O)c1ccc(-c2ccc(F)cc2)s1. The van der Waals surface area contributed by atoms with Crippen molar-refractivity contribution in [2.45, 2.75) is 35.8 Å². The molecular weight excluding hydrogens is 445 g/mol. The number of hydroxylamine groups is 1. The lowest BCUT2D eigenvalue weighted by Crippen LogP contribution is -2.59. The van der Waals surface area contributed by atoms with E-state index in [9.17, 15) is 17.6 Å². The molecule has 3 heterocycles. The van der Waals surface area contributed by atoms with Crippen LogP contribution >= 0.6 is 11.3 Å². The highest BCUT2D eigenvalue weighted by Crippen LogP contribution is 2.33. The third-order valence-electron chi connectivity index (χ3n) is 5.20. The van der Waals surface area contributed by atoms with Gasteiger partial charge in [-0.25, -0.2) is 23.1 Å². The van der Waals surface area contributed by atoms with Gasteiger partial charge in [0.2, 0.25) is 0 Å². The monoisotopic (exact) mass is 469 g/mol. The molecule has 2 atom stereocenters. The fourth-order valence-electron chi connectivity index (χ4n) is 3.54. The number of hydrogen-bond donors (Lipinski definition) is 2. The Morgan fingerprint density at radius 3 is 2.77 bits per heavy atom. The van der Waals surface area contributed by atoms with Crippen molar-refractivity contribution >= 4 is 27.3 Å². The summed E-state index contributed by atoms with van der Waals surface area (Å²) < 4.78 is 46.6. The minimum Gasteiger partial charge on any atom is -0.350 e. The number of halogens is 1. The van der Waals surface area contributed by atoms with E-state index in [4.69, 9.17) is 9.57 Å². The molecule has 11 heteroatoms. The Hall–Kier alpha value is -1.89. The molecule has 0 radical (unpaired) electrons. The van der Waals surface area contributed by atoms with Crippen LogP contribution in [0.3, 0.4) is 0 Å². The zero-order valence-electron chi connectivity index (χ0n) is 16.8. The number of benzene rings is 1. The van der Waals surface area contributed by atoms with Crippen LogP contribution in [0.5, 0.6) is 0 Å². The molecule has 168 valence electrons. The number of amides is 1. The molecule has 2 fully saturated rings. The lowest BCUT2D eigenvalue weighted by molar-refractivity contribution is -0.202. The number of nitrogens with zero attached hydrogens (tertiary/aromatic N) is 1. The average molecular weight is 470 g/mol. The standard InChI is InChI=1S/C20H24FN3O5S2/c21-15-6-4-14(5-7-15)17-8-9-19(30-17)31(26,27)24-11-10-22-13-16(24)20(25)23-29-18-3-1-2-12-28-18/h4-9,16,18,22H,1-3,10-13H2,(H,23,25). The van der Waals surface area contributed by atoms with Gasteiger partial charge in [-0.3, -0.25) is 4.79 Å². The summed E-state index contributed by atoms with van der Waals surface area (Å²) in [5.74, 6) is -0.899. The van der Waals surface area contributed by atoms with Gasteiger partial charge in [-0.15, -0.1) is 11.3 Å². The molecule has 0 saturated carbocycles. The second-order valence-electron chi connectivity index (χ2n) is 7.34. The van der Waals surface area contributed by atoms with Gasteiger partial charge in [-0.1, -0.05) is 12.1 Å². The number of nitrogens with one attached hydrogen (secondary N) is 2. The van der Waals surface area contributed by atoms with Crippen LogP contribution in [0.1, 0.15) is 19.3 Å². The normalized spacial score (nSPS) is 22.9. The van der Waals surface area contributed by atoms with Crippen LogP contribution in [0.25, 0.3) is 10.4 Å². The zero-order chi connectivity index (χ0) is 21.8. The Kier molecular flexibility index (Phi) is 6.99. The summed E-state index contributed by atoms with van der Waals surface area (Å²) in [6, 6.07) is 8.12. The van der Waals surface area contributed by atoms with Crippen LogP contribution in [0.15, 0.2) is 40.6 Å². The maximum absolute atomic E-state index is 13.3. The molecule has 2 N–H and O–H groups in total. The molecule has 2 aliphatic heterocycles. The topological polar surface area (TPSA) is 97.0 Å². The van der Waals surface area contributed by atoms with Gasteiger partial charge in [0.25, 0.3) is 15.9 Å². The van der Waals surface area contributed by atoms with Crippen molar-refractivity contribution in [2.75, 3.05) is 26.2 Å². The average Bonchev–Trinajstić information content (AvgIpc) is 3.30. The number of rotatable bonds is 6. The first-order valence-electron chi connectivity index (χ1n) is 10.1. The molecule has 2 aliphatic rings. The molecule has 1 aromatic heterocycles. The Bertz CT molecular complexity index is 1010. The largest absolute Gasteiger partial charge is 0.350 e. The second-order valence-corrected chi connectivity index (χ2v) is 10.5. The van der Waals surface area contributed by atoms with Crippen molar-refractivity contribution in [1.82, 2.24) is 15.1 Å². The molecule has 4 rings (SSSR count). The van der Waals surface area contributed by atoms with Gasteiger partial charge in [-0.05, 0) is 42.7 Å². The number of thiophene rings is 1. The van der Waals surface area contributed by atoms with E-state index >= 15 is 0 Å². The number of hydrogen-bond acceptors (Lipinski definition) is 7. The number of sulfonamides is 1. The third-order valence-corrected chi connectivity index (χ3v) is 8.71. The van der Waals surface area contributed by atoms with E-state index in [1.807, 2.05) is 0 Å². The summed E-state index contributed by atoms with van der Waals surface area (Å²) in [5.41, 5.74) is 3.10. The number of carbonyl (C=O) groups is 1. The Labute approximate surface area is 184 Å². The molecule has 2 unspecified atom stereocenters. The van der Waals surface area contributed by atoms with E-state index in [1.54, 1.807) is 18.2 Å². The second kappa shape index (κ2) is 9.72. The molecule has 1 amide bonds. The van der Waals surface area contributed by atoms with E-state index in [-0.39, 0.29) is 23.1 Å². The highest BCUT2D eigenvalue weighted by Gasteiger charge is 2.39. The molecule has 2 aromatic rings. The van der Waals surface area contributed by atoms with Gasteiger partial charge in [0.05, 0.1) is 0 Å². The van der Waals surface area contributed by atoms with Crippen LogP contribution in [0, 0.1) is 5.82 Å². The van der Waals surface area contributed by atoms with E-state index in [0.717, 1.165) is 29.7 Å². The van der Waals surface area contributed by atoms with Gasteiger partial charge in [0, 0.05) is 37.5 Å². The van der Waals surface area contributed by atoms with E-state index < -0.39 is 28.3 Å². The van der Waals surface area contributed by atoms with Crippen LogP contribution in [0.4, 0.5) is 4.39 Å². The van der Waals surface area contributed by atoms with Crippen LogP contribution in [-0.4, -0.2) is 57.2 Å². The highest BCUT2D eigenvalue weighted by atomic mass is 32.2.